The fraction of sp³-hybridized carbons (Fsp3) is 0.929. The van der Waals surface area contributed by atoms with Crippen LogP contribution in [-0.2, 0) is 0 Å². The van der Waals surface area contributed by atoms with Crippen molar-refractivity contribution in [1.29, 1.82) is 0 Å². The summed E-state index contributed by atoms with van der Waals surface area (Å²) in [6.07, 6.45) is 6.66. The van der Waals surface area contributed by atoms with Crippen molar-refractivity contribution in [1.82, 2.24) is 15.5 Å². The maximum Gasteiger partial charge on any atom is 0.166 e. The molecule has 0 aliphatic carbocycles. The number of fused-ring (bicyclic) bond motifs is 2. The Morgan fingerprint density at radius 1 is 1.28 bits per heavy atom. The quantitative estimate of drug-likeness (QED) is 0.768. The molecular formula is C14H27N3S. The first-order chi connectivity index (χ1) is 8.60. The normalized spacial score (nSPS) is 32.3. The molecule has 2 fully saturated rings. The van der Waals surface area contributed by atoms with Crippen LogP contribution in [0.5, 0.6) is 0 Å². The summed E-state index contributed by atoms with van der Waals surface area (Å²) in [5.41, 5.74) is 0. The molecule has 0 aromatic carbocycles. The summed E-state index contributed by atoms with van der Waals surface area (Å²) < 4.78 is 0. The van der Waals surface area contributed by atoms with Gasteiger partial charge in [-0.05, 0) is 43.8 Å². The van der Waals surface area contributed by atoms with Gasteiger partial charge in [0.15, 0.2) is 5.11 Å². The van der Waals surface area contributed by atoms with Gasteiger partial charge in [-0.25, -0.2) is 0 Å². The molecule has 18 heavy (non-hydrogen) atoms. The second-order valence-corrected chi connectivity index (χ2v) is 6.63. The SMILES string of the molecule is CNC(=S)NC1C[C@H]2CCC[C@H](C1)N2CC(C)C. The number of hydrogen-bond donors (Lipinski definition) is 2. The first-order valence-electron chi connectivity index (χ1n) is 7.34. The highest BCUT2D eigenvalue weighted by atomic mass is 32.1. The van der Waals surface area contributed by atoms with Gasteiger partial charge in [0.1, 0.15) is 0 Å². The van der Waals surface area contributed by atoms with Gasteiger partial charge in [-0.2, -0.15) is 0 Å². The van der Waals surface area contributed by atoms with Gasteiger partial charge < -0.3 is 10.6 Å². The van der Waals surface area contributed by atoms with Crippen LogP contribution in [0.25, 0.3) is 0 Å². The Labute approximate surface area is 117 Å². The molecule has 2 atom stereocenters. The molecule has 3 nitrogen and oxygen atoms in total. The minimum Gasteiger partial charge on any atom is -0.366 e. The molecule has 104 valence electrons. The maximum absolute atomic E-state index is 5.23. The highest BCUT2D eigenvalue weighted by Gasteiger charge is 2.38. The first-order valence-corrected chi connectivity index (χ1v) is 7.75. The lowest BCUT2D eigenvalue weighted by molar-refractivity contribution is 0.0190. The van der Waals surface area contributed by atoms with E-state index in [-0.39, 0.29) is 0 Å². The standard InChI is InChI=1S/C14H27N3S/c1-10(2)9-17-12-5-4-6-13(17)8-11(7-12)16-14(18)15-3/h10-13H,4-9H2,1-3H3,(H2,15,16,18)/t12-,13-/m1/s1. The molecule has 2 aliphatic rings. The highest BCUT2D eigenvalue weighted by molar-refractivity contribution is 7.80. The third-order valence-corrected chi connectivity index (χ3v) is 4.59. The monoisotopic (exact) mass is 269 g/mol. The van der Waals surface area contributed by atoms with E-state index in [9.17, 15) is 0 Å². The molecule has 2 aliphatic heterocycles. The highest BCUT2D eigenvalue weighted by Crippen LogP contribution is 2.34. The lowest BCUT2D eigenvalue weighted by atomic mass is 9.81. The Morgan fingerprint density at radius 2 is 1.89 bits per heavy atom. The second-order valence-electron chi connectivity index (χ2n) is 6.22. The van der Waals surface area contributed by atoms with Crippen LogP contribution in [0.3, 0.4) is 0 Å². The van der Waals surface area contributed by atoms with Gasteiger partial charge in [-0.15, -0.1) is 0 Å². The van der Waals surface area contributed by atoms with E-state index in [0.29, 0.717) is 6.04 Å². The van der Waals surface area contributed by atoms with Crippen molar-refractivity contribution >= 4 is 17.3 Å². The number of thiocarbonyl (C=S) groups is 1. The van der Waals surface area contributed by atoms with Crippen molar-refractivity contribution in [3.63, 3.8) is 0 Å². The molecule has 2 bridgehead atoms. The van der Waals surface area contributed by atoms with Crippen LogP contribution in [0, 0.1) is 5.92 Å². The fourth-order valence-corrected chi connectivity index (χ4v) is 3.74. The smallest absolute Gasteiger partial charge is 0.166 e. The molecule has 0 spiro atoms. The van der Waals surface area contributed by atoms with Crippen LogP contribution in [-0.4, -0.2) is 41.7 Å². The zero-order valence-electron chi connectivity index (χ0n) is 11.9. The molecule has 0 radical (unpaired) electrons. The molecule has 2 rings (SSSR count). The van der Waals surface area contributed by atoms with Crippen molar-refractivity contribution in [2.45, 2.75) is 64.1 Å². The molecule has 2 heterocycles. The third-order valence-electron chi connectivity index (χ3n) is 4.26. The zero-order valence-corrected chi connectivity index (χ0v) is 12.7. The van der Waals surface area contributed by atoms with E-state index >= 15 is 0 Å². The molecule has 0 amide bonds. The van der Waals surface area contributed by atoms with Gasteiger partial charge in [-0.1, -0.05) is 20.3 Å². The average molecular weight is 269 g/mol. The fourth-order valence-electron chi connectivity index (χ4n) is 3.57. The minimum absolute atomic E-state index is 0.573. The van der Waals surface area contributed by atoms with E-state index in [1.54, 1.807) is 0 Å². The van der Waals surface area contributed by atoms with Crippen LogP contribution in [0.4, 0.5) is 0 Å². The van der Waals surface area contributed by atoms with Crippen molar-refractivity contribution < 1.29 is 0 Å². The van der Waals surface area contributed by atoms with E-state index < -0.39 is 0 Å². The largest absolute Gasteiger partial charge is 0.366 e. The summed E-state index contributed by atoms with van der Waals surface area (Å²) >= 11 is 5.23. The Balaban J connectivity index is 1.95. The number of rotatable bonds is 3. The van der Waals surface area contributed by atoms with Gasteiger partial charge >= 0.3 is 0 Å². The second kappa shape index (κ2) is 6.20. The zero-order chi connectivity index (χ0) is 13.1. The molecular weight excluding hydrogens is 242 g/mol. The lowest BCUT2D eigenvalue weighted by Gasteiger charge is -2.49. The summed E-state index contributed by atoms with van der Waals surface area (Å²) in [6.45, 7) is 5.92. The third kappa shape index (κ3) is 3.35. The van der Waals surface area contributed by atoms with Crippen molar-refractivity contribution in [2.75, 3.05) is 13.6 Å². The van der Waals surface area contributed by atoms with Crippen LogP contribution in [0.1, 0.15) is 46.0 Å². The summed E-state index contributed by atoms with van der Waals surface area (Å²) in [4.78, 5) is 2.77. The van der Waals surface area contributed by atoms with Crippen LogP contribution < -0.4 is 10.6 Å². The first kappa shape index (κ1) is 14.1. The number of nitrogens with zero attached hydrogens (tertiary/aromatic N) is 1. The van der Waals surface area contributed by atoms with Gasteiger partial charge in [0.25, 0.3) is 0 Å². The van der Waals surface area contributed by atoms with E-state index in [0.717, 1.165) is 23.1 Å². The van der Waals surface area contributed by atoms with E-state index in [1.807, 2.05) is 7.05 Å². The number of piperidine rings is 2. The Bertz CT molecular complexity index is 279. The predicted octanol–water partition coefficient (Wildman–Crippen LogP) is 2.12. The minimum atomic E-state index is 0.573. The van der Waals surface area contributed by atoms with Crippen LogP contribution >= 0.6 is 12.2 Å². The van der Waals surface area contributed by atoms with Crippen molar-refractivity contribution in [3.05, 3.63) is 0 Å². The molecule has 4 heteroatoms. The molecule has 2 N–H and O–H groups in total. The van der Waals surface area contributed by atoms with Gasteiger partial charge in [-0.3, -0.25) is 4.90 Å². The molecule has 0 aromatic heterocycles. The number of nitrogens with one attached hydrogen (secondary N) is 2. The van der Waals surface area contributed by atoms with E-state index in [4.69, 9.17) is 12.2 Å². The Hall–Kier alpha value is -0.350. The van der Waals surface area contributed by atoms with Crippen LogP contribution in [0.15, 0.2) is 0 Å². The van der Waals surface area contributed by atoms with Crippen LogP contribution in [0.2, 0.25) is 0 Å². The summed E-state index contributed by atoms with van der Waals surface area (Å²) in [6, 6.07) is 2.12. The average Bonchev–Trinajstić information content (AvgIpc) is 2.29. The number of hydrogen-bond acceptors (Lipinski definition) is 2. The van der Waals surface area contributed by atoms with Crippen molar-refractivity contribution in [3.8, 4) is 0 Å². The maximum atomic E-state index is 5.23. The van der Waals surface area contributed by atoms with Crippen molar-refractivity contribution in [2.24, 2.45) is 5.92 Å². The van der Waals surface area contributed by atoms with E-state index in [1.165, 1.54) is 38.6 Å². The lowest BCUT2D eigenvalue weighted by Crippen LogP contribution is -2.58. The summed E-state index contributed by atoms with van der Waals surface area (Å²) in [5, 5.41) is 7.29. The molecule has 0 saturated carbocycles. The van der Waals surface area contributed by atoms with Gasteiger partial charge in [0.05, 0.1) is 0 Å². The van der Waals surface area contributed by atoms with Gasteiger partial charge in [0, 0.05) is 31.7 Å². The molecule has 0 aromatic rings. The Kier molecular flexibility index (Phi) is 4.84. The predicted molar refractivity (Wildman–Crippen MR) is 80.8 cm³/mol. The van der Waals surface area contributed by atoms with Gasteiger partial charge in [0.2, 0.25) is 0 Å². The van der Waals surface area contributed by atoms with E-state index in [2.05, 4.69) is 29.4 Å². The Morgan fingerprint density at radius 3 is 2.39 bits per heavy atom. The summed E-state index contributed by atoms with van der Waals surface area (Å²) in [7, 11) is 1.89. The summed E-state index contributed by atoms with van der Waals surface area (Å²) in [5.74, 6) is 0.774. The topological polar surface area (TPSA) is 27.3 Å². The molecule has 0 unspecified atom stereocenters. The molecule has 2 saturated heterocycles.